The molecule has 120 valence electrons. The topological polar surface area (TPSA) is 50.4 Å². The van der Waals surface area contributed by atoms with Gasteiger partial charge in [-0.15, -0.1) is 24.8 Å². The van der Waals surface area contributed by atoms with Gasteiger partial charge in [0.25, 0.3) is 0 Å². The molecule has 2 fully saturated rings. The molecule has 1 heterocycles. The van der Waals surface area contributed by atoms with Crippen molar-refractivity contribution in [3.05, 3.63) is 0 Å². The molecular weight excluding hydrogens is 299 g/mol. The molecule has 0 bridgehead atoms. The van der Waals surface area contributed by atoms with Crippen LogP contribution in [0.25, 0.3) is 0 Å². The van der Waals surface area contributed by atoms with E-state index in [1.807, 2.05) is 13.8 Å². The first-order valence-electron chi connectivity index (χ1n) is 7.27. The zero-order valence-corrected chi connectivity index (χ0v) is 14.1. The van der Waals surface area contributed by atoms with Crippen LogP contribution in [0.4, 0.5) is 0 Å². The minimum atomic E-state index is -0.565. The number of carbonyl (C=O) groups excluding carboxylic acids is 1. The molecule has 0 aromatic heterocycles. The third-order valence-electron chi connectivity index (χ3n) is 3.99. The lowest BCUT2D eigenvalue weighted by Crippen LogP contribution is -2.55. The molecule has 4 nitrogen and oxygen atoms in total. The maximum atomic E-state index is 12.2. The number of halogens is 2. The van der Waals surface area contributed by atoms with Gasteiger partial charge in [0.2, 0.25) is 0 Å². The lowest BCUT2D eigenvalue weighted by atomic mass is 9.99. The second kappa shape index (κ2) is 9.08. The molecule has 20 heavy (non-hydrogen) atoms. The summed E-state index contributed by atoms with van der Waals surface area (Å²) in [6.07, 6.45) is 6.79. The van der Waals surface area contributed by atoms with Crippen LogP contribution in [-0.4, -0.2) is 36.7 Å². The molecule has 2 rings (SSSR count). The molecule has 2 N–H and O–H groups in total. The number of carbonyl (C=O) groups is 1. The van der Waals surface area contributed by atoms with Gasteiger partial charge in [-0.05, 0) is 65.5 Å². The third-order valence-corrected chi connectivity index (χ3v) is 3.99. The van der Waals surface area contributed by atoms with E-state index in [1.165, 1.54) is 12.8 Å². The summed E-state index contributed by atoms with van der Waals surface area (Å²) in [5, 5.41) is 6.79. The van der Waals surface area contributed by atoms with Crippen molar-refractivity contribution in [3.8, 4) is 0 Å². The molecule has 6 heteroatoms. The van der Waals surface area contributed by atoms with Gasteiger partial charge in [0.05, 0.1) is 0 Å². The van der Waals surface area contributed by atoms with Crippen LogP contribution in [0.2, 0.25) is 0 Å². The van der Waals surface area contributed by atoms with Crippen molar-refractivity contribution in [2.75, 3.05) is 13.1 Å². The van der Waals surface area contributed by atoms with E-state index in [-0.39, 0.29) is 36.9 Å². The van der Waals surface area contributed by atoms with Gasteiger partial charge in [0.1, 0.15) is 11.6 Å². The Morgan fingerprint density at radius 2 is 1.65 bits per heavy atom. The Morgan fingerprint density at radius 1 is 1.10 bits per heavy atom. The van der Waals surface area contributed by atoms with E-state index in [2.05, 4.69) is 10.6 Å². The van der Waals surface area contributed by atoms with Crippen molar-refractivity contribution in [1.29, 1.82) is 0 Å². The van der Waals surface area contributed by atoms with Crippen LogP contribution >= 0.6 is 24.8 Å². The van der Waals surface area contributed by atoms with Crippen LogP contribution in [-0.2, 0) is 9.53 Å². The zero-order chi connectivity index (χ0) is 13.0. The Morgan fingerprint density at radius 3 is 2.20 bits per heavy atom. The molecule has 1 saturated carbocycles. The first-order valence-corrected chi connectivity index (χ1v) is 7.27. The lowest BCUT2D eigenvalue weighted by Gasteiger charge is -2.33. The summed E-state index contributed by atoms with van der Waals surface area (Å²) in [6.45, 7) is 5.94. The van der Waals surface area contributed by atoms with Crippen molar-refractivity contribution < 1.29 is 9.53 Å². The van der Waals surface area contributed by atoms with Gasteiger partial charge >= 0.3 is 5.97 Å². The van der Waals surface area contributed by atoms with Crippen LogP contribution < -0.4 is 10.6 Å². The fraction of sp³-hybridized carbons (Fsp3) is 0.929. The van der Waals surface area contributed by atoms with Gasteiger partial charge in [0, 0.05) is 6.04 Å². The van der Waals surface area contributed by atoms with Gasteiger partial charge in [0.15, 0.2) is 0 Å². The summed E-state index contributed by atoms with van der Waals surface area (Å²) in [5.41, 5.74) is -0.565. The molecule has 0 amide bonds. The summed E-state index contributed by atoms with van der Waals surface area (Å²) in [4.78, 5) is 12.2. The molecule has 0 spiro atoms. The van der Waals surface area contributed by atoms with Crippen molar-refractivity contribution >= 4 is 30.8 Å². The predicted molar refractivity (Wildman–Crippen MR) is 86.0 cm³/mol. The highest BCUT2D eigenvalue weighted by atomic mass is 35.5. The number of piperidine rings is 1. The fourth-order valence-corrected chi connectivity index (χ4v) is 2.84. The normalized spacial score (nSPS) is 20.9. The number of nitrogens with one attached hydrogen (secondary N) is 2. The maximum Gasteiger partial charge on any atom is 0.326 e. The monoisotopic (exact) mass is 326 g/mol. The molecule has 1 aliphatic heterocycles. The molecule has 2 aliphatic rings. The van der Waals surface area contributed by atoms with E-state index in [4.69, 9.17) is 4.74 Å². The van der Waals surface area contributed by atoms with Gasteiger partial charge < -0.3 is 10.1 Å². The Labute approximate surface area is 134 Å². The Bertz CT molecular complexity index is 289. The molecule has 0 aromatic carbocycles. The van der Waals surface area contributed by atoms with Crippen LogP contribution in [0.3, 0.4) is 0 Å². The predicted octanol–water partition coefficient (Wildman–Crippen LogP) is 2.44. The standard InChI is InChI=1S/C14H26N2O2.2ClH/c1-14(2,16-11-7-9-15-10-8-11)13(17)18-12-5-3-4-6-12;;/h11-12,15-16H,3-10H2,1-2H3;2*1H. The lowest BCUT2D eigenvalue weighted by molar-refractivity contribution is -0.156. The van der Waals surface area contributed by atoms with E-state index < -0.39 is 5.54 Å². The third kappa shape index (κ3) is 5.76. The van der Waals surface area contributed by atoms with Crippen LogP contribution in [0.15, 0.2) is 0 Å². The molecular formula is C14H28Cl2N2O2. The van der Waals surface area contributed by atoms with E-state index >= 15 is 0 Å². The van der Waals surface area contributed by atoms with Crippen molar-refractivity contribution in [1.82, 2.24) is 10.6 Å². The largest absolute Gasteiger partial charge is 0.461 e. The van der Waals surface area contributed by atoms with Crippen LogP contribution in [0.5, 0.6) is 0 Å². The number of esters is 1. The molecule has 1 aliphatic carbocycles. The van der Waals surface area contributed by atoms with Crippen molar-refractivity contribution in [2.24, 2.45) is 0 Å². The maximum absolute atomic E-state index is 12.2. The Balaban J connectivity index is 0.00000180. The van der Waals surface area contributed by atoms with Crippen molar-refractivity contribution in [2.45, 2.75) is 70.1 Å². The highest BCUT2D eigenvalue weighted by Gasteiger charge is 2.34. The summed E-state index contributed by atoms with van der Waals surface area (Å²) >= 11 is 0. The number of ether oxygens (including phenoxy) is 1. The Hall–Kier alpha value is -0.0300. The summed E-state index contributed by atoms with van der Waals surface area (Å²) in [6, 6.07) is 0.428. The highest BCUT2D eigenvalue weighted by Crippen LogP contribution is 2.23. The Kier molecular flexibility index (Phi) is 9.07. The van der Waals surface area contributed by atoms with E-state index in [9.17, 15) is 4.79 Å². The quantitative estimate of drug-likeness (QED) is 0.779. The van der Waals surface area contributed by atoms with Crippen molar-refractivity contribution in [3.63, 3.8) is 0 Å². The minimum absolute atomic E-state index is 0. The number of rotatable bonds is 4. The second-order valence-electron chi connectivity index (χ2n) is 6.11. The summed E-state index contributed by atoms with van der Waals surface area (Å²) < 4.78 is 5.60. The smallest absolute Gasteiger partial charge is 0.326 e. The minimum Gasteiger partial charge on any atom is -0.461 e. The summed E-state index contributed by atoms with van der Waals surface area (Å²) in [7, 11) is 0. The first kappa shape index (κ1) is 20.0. The van der Waals surface area contributed by atoms with E-state index in [0.29, 0.717) is 6.04 Å². The van der Waals surface area contributed by atoms with Gasteiger partial charge in [-0.1, -0.05) is 0 Å². The number of hydrogen-bond acceptors (Lipinski definition) is 4. The molecule has 0 atom stereocenters. The van der Waals surface area contributed by atoms with Crippen LogP contribution in [0.1, 0.15) is 52.4 Å². The number of hydrogen-bond donors (Lipinski definition) is 2. The summed E-state index contributed by atoms with van der Waals surface area (Å²) in [5.74, 6) is -0.0899. The molecule has 0 radical (unpaired) electrons. The second-order valence-corrected chi connectivity index (χ2v) is 6.11. The fourth-order valence-electron chi connectivity index (χ4n) is 2.84. The average Bonchev–Trinajstić information content (AvgIpc) is 2.82. The van der Waals surface area contributed by atoms with E-state index in [1.54, 1.807) is 0 Å². The van der Waals surface area contributed by atoms with Gasteiger partial charge in [-0.3, -0.25) is 10.1 Å². The molecule has 1 saturated heterocycles. The van der Waals surface area contributed by atoms with Crippen LogP contribution in [0, 0.1) is 0 Å². The molecule has 0 aromatic rings. The highest BCUT2D eigenvalue weighted by molar-refractivity contribution is 5.85. The zero-order valence-electron chi connectivity index (χ0n) is 12.4. The SMILES string of the molecule is CC(C)(NC1CCNCC1)C(=O)OC1CCCC1.Cl.Cl. The average molecular weight is 327 g/mol. The van der Waals surface area contributed by atoms with Gasteiger partial charge in [-0.2, -0.15) is 0 Å². The van der Waals surface area contributed by atoms with E-state index in [0.717, 1.165) is 38.8 Å². The van der Waals surface area contributed by atoms with Gasteiger partial charge in [-0.25, -0.2) is 0 Å². The first-order chi connectivity index (χ1) is 8.58. The molecule has 0 unspecified atom stereocenters.